The number of amides is 1. The molecule has 154 valence electrons. The van der Waals surface area contributed by atoms with Crippen LogP contribution in [0.25, 0.3) is 0 Å². The highest BCUT2D eigenvalue weighted by Gasteiger charge is 2.42. The maximum absolute atomic E-state index is 12.7. The van der Waals surface area contributed by atoms with Gasteiger partial charge in [-0.15, -0.1) is 0 Å². The van der Waals surface area contributed by atoms with Crippen LogP contribution in [0.5, 0.6) is 0 Å². The maximum atomic E-state index is 12.7. The van der Waals surface area contributed by atoms with E-state index in [0.717, 1.165) is 0 Å². The zero-order valence-electron chi connectivity index (χ0n) is 16.1. The Labute approximate surface area is 164 Å². The first-order valence-corrected chi connectivity index (χ1v) is 10.4. The molecule has 2 saturated heterocycles. The van der Waals surface area contributed by atoms with Crippen molar-refractivity contribution in [3.63, 3.8) is 0 Å². The third kappa shape index (κ3) is 4.20. The Balaban J connectivity index is 1.26. The third-order valence-electron chi connectivity index (χ3n) is 6.57. The summed E-state index contributed by atoms with van der Waals surface area (Å²) in [6, 6.07) is 8.23. The predicted octanol–water partition coefficient (Wildman–Crippen LogP) is 3.70. The summed E-state index contributed by atoms with van der Waals surface area (Å²) in [5.74, 6) is 0.655. The van der Waals surface area contributed by atoms with Crippen molar-refractivity contribution in [2.75, 3.05) is 39.3 Å². The molecule has 0 N–H and O–H groups in total. The van der Waals surface area contributed by atoms with E-state index in [-0.39, 0.29) is 25.0 Å². The Hall–Kier alpha value is -1.60. The number of carbonyl (C=O) groups excluding carboxylic acids is 1. The van der Waals surface area contributed by atoms with Crippen molar-refractivity contribution in [1.29, 1.82) is 0 Å². The van der Waals surface area contributed by atoms with Crippen LogP contribution in [0.4, 0.5) is 13.2 Å². The second kappa shape index (κ2) is 8.03. The number of benzene rings is 1. The summed E-state index contributed by atoms with van der Waals surface area (Å²) < 4.78 is 38.2. The highest BCUT2D eigenvalue weighted by molar-refractivity contribution is 5.94. The van der Waals surface area contributed by atoms with E-state index >= 15 is 0 Å². The summed E-state index contributed by atoms with van der Waals surface area (Å²) in [5.41, 5.74) is 2.04. The van der Waals surface area contributed by atoms with Crippen LogP contribution in [0.3, 0.4) is 0 Å². The summed E-state index contributed by atoms with van der Waals surface area (Å²) in [4.78, 5) is 17.1. The van der Waals surface area contributed by atoms with Gasteiger partial charge in [0.2, 0.25) is 0 Å². The van der Waals surface area contributed by atoms with Crippen molar-refractivity contribution in [3.05, 3.63) is 35.4 Å². The lowest BCUT2D eigenvalue weighted by Crippen LogP contribution is -2.65. The lowest BCUT2D eigenvalue weighted by Gasteiger charge is -2.48. The normalized spacial score (nSPS) is 23.6. The second-order valence-electron chi connectivity index (χ2n) is 8.31. The lowest BCUT2D eigenvalue weighted by molar-refractivity contribution is -0.254. The molecule has 2 heterocycles. The third-order valence-corrected chi connectivity index (χ3v) is 6.57. The number of carbonyl (C=O) groups is 1. The first-order valence-electron chi connectivity index (χ1n) is 10.4. The van der Waals surface area contributed by atoms with Gasteiger partial charge in [-0.25, -0.2) is 4.90 Å². The van der Waals surface area contributed by atoms with Gasteiger partial charge in [0.1, 0.15) is 0 Å². The van der Waals surface area contributed by atoms with Gasteiger partial charge in [-0.2, -0.15) is 13.2 Å². The SMILES string of the molecule is O=C(c1ccc(C2CCCCC2)cc1)N1CC(N2CCN(C(F)(F)F)CC2)C1. The molecule has 4 rings (SSSR count). The zero-order chi connectivity index (χ0) is 19.7. The first kappa shape index (κ1) is 19.7. The minimum atomic E-state index is -4.24. The van der Waals surface area contributed by atoms with Gasteiger partial charge in [-0.1, -0.05) is 31.4 Å². The monoisotopic (exact) mass is 395 g/mol. The molecule has 4 nitrogen and oxygen atoms in total. The molecule has 0 aromatic heterocycles. The van der Waals surface area contributed by atoms with Gasteiger partial charge in [0.05, 0.1) is 0 Å². The summed E-state index contributed by atoms with van der Waals surface area (Å²) in [5, 5.41) is 0. The molecule has 0 spiro atoms. The van der Waals surface area contributed by atoms with Gasteiger partial charge in [0.25, 0.3) is 5.91 Å². The summed E-state index contributed by atoms with van der Waals surface area (Å²) in [6.45, 7) is 2.04. The molecule has 3 aliphatic rings. The van der Waals surface area contributed by atoms with Crippen molar-refractivity contribution < 1.29 is 18.0 Å². The number of hydrogen-bond donors (Lipinski definition) is 0. The van der Waals surface area contributed by atoms with Crippen molar-refractivity contribution in [2.24, 2.45) is 0 Å². The predicted molar refractivity (Wildman–Crippen MR) is 101 cm³/mol. The van der Waals surface area contributed by atoms with Crippen LogP contribution in [0, 0.1) is 0 Å². The number of likely N-dealkylation sites (tertiary alicyclic amines) is 1. The Kier molecular flexibility index (Phi) is 5.65. The van der Waals surface area contributed by atoms with Crippen LogP contribution in [0.15, 0.2) is 24.3 Å². The van der Waals surface area contributed by atoms with Gasteiger partial charge in [-0.05, 0) is 36.5 Å². The maximum Gasteiger partial charge on any atom is 0.460 e. The molecule has 0 atom stereocenters. The standard InChI is InChI=1S/C21H28F3N3O/c22-21(23,24)27-12-10-25(11-13-27)19-14-26(15-19)20(28)18-8-6-17(7-9-18)16-4-2-1-3-5-16/h6-9,16,19H,1-5,10-15H2. The first-order chi connectivity index (χ1) is 13.4. The summed E-state index contributed by atoms with van der Waals surface area (Å²) in [6.07, 6.45) is 2.15. The van der Waals surface area contributed by atoms with E-state index in [1.807, 2.05) is 12.1 Å². The number of hydrogen-bond acceptors (Lipinski definition) is 3. The van der Waals surface area contributed by atoms with Crippen molar-refractivity contribution >= 4 is 5.91 Å². The average molecular weight is 395 g/mol. The molecule has 0 radical (unpaired) electrons. The topological polar surface area (TPSA) is 26.8 Å². The van der Waals surface area contributed by atoms with Crippen molar-refractivity contribution in [1.82, 2.24) is 14.7 Å². The van der Waals surface area contributed by atoms with Gasteiger partial charge in [0.15, 0.2) is 0 Å². The van der Waals surface area contributed by atoms with E-state index in [1.54, 1.807) is 4.90 Å². The van der Waals surface area contributed by atoms with Crippen LogP contribution < -0.4 is 0 Å². The van der Waals surface area contributed by atoms with Gasteiger partial charge >= 0.3 is 6.30 Å². The fraction of sp³-hybridized carbons (Fsp3) is 0.667. The van der Waals surface area contributed by atoms with Crippen molar-refractivity contribution in [2.45, 2.75) is 50.4 Å². The smallest absolute Gasteiger partial charge is 0.335 e. The molecule has 1 aliphatic carbocycles. The Morgan fingerprint density at radius 2 is 1.50 bits per heavy atom. The molecular formula is C21H28F3N3O. The molecule has 3 fully saturated rings. The fourth-order valence-corrected chi connectivity index (χ4v) is 4.71. The van der Waals surface area contributed by atoms with Gasteiger partial charge < -0.3 is 4.90 Å². The minimum Gasteiger partial charge on any atom is -0.335 e. The summed E-state index contributed by atoms with van der Waals surface area (Å²) >= 11 is 0. The van der Waals surface area contributed by atoms with Gasteiger partial charge in [-0.3, -0.25) is 9.69 Å². The highest BCUT2D eigenvalue weighted by Crippen LogP contribution is 2.33. The molecule has 0 unspecified atom stereocenters. The summed E-state index contributed by atoms with van der Waals surface area (Å²) in [7, 11) is 0. The Morgan fingerprint density at radius 3 is 2.07 bits per heavy atom. The van der Waals surface area contributed by atoms with E-state index in [9.17, 15) is 18.0 Å². The Bertz CT molecular complexity index is 671. The number of halogens is 3. The number of rotatable bonds is 3. The van der Waals surface area contributed by atoms with E-state index < -0.39 is 6.30 Å². The van der Waals surface area contributed by atoms with Gasteiger partial charge in [0, 0.05) is 50.9 Å². The molecule has 1 saturated carbocycles. The molecule has 28 heavy (non-hydrogen) atoms. The van der Waals surface area contributed by atoms with Crippen molar-refractivity contribution in [3.8, 4) is 0 Å². The van der Waals surface area contributed by atoms with E-state index in [2.05, 4.69) is 17.0 Å². The zero-order valence-corrected chi connectivity index (χ0v) is 16.1. The van der Waals surface area contributed by atoms with Crippen LogP contribution in [-0.2, 0) is 0 Å². The number of nitrogens with zero attached hydrogens (tertiary/aromatic N) is 3. The largest absolute Gasteiger partial charge is 0.460 e. The minimum absolute atomic E-state index is 0.0105. The lowest BCUT2D eigenvalue weighted by atomic mass is 9.84. The second-order valence-corrected chi connectivity index (χ2v) is 8.31. The average Bonchev–Trinajstić information content (AvgIpc) is 2.67. The molecule has 1 aromatic rings. The van der Waals surface area contributed by atoms with E-state index in [4.69, 9.17) is 0 Å². The molecular weight excluding hydrogens is 367 g/mol. The van der Waals surface area contributed by atoms with E-state index in [1.165, 1.54) is 37.7 Å². The molecule has 0 bridgehead atoms. The number of piperazine rings is 1. The quantitative estimate of drug-likeness (QED) is 0.731. The number of alkyl halides is 3. The van der Waals surface area contributed by atoms with Crippen LogP contribution in [0.2, 0.25) is 0 Å². The van der Waals surface area contributed by atoms with Crippen LogP contribution >= 0.6 is 0 Å². The van der Waals surface area contributed by atoms with Crippen LogP contribution in [-0.4, -0.2) is 72.2 Å². The molecule has 1 aromatic carbocycles. The molecule has 2 aliphatic heterocycles. The Morgan fingerprint density at radius 1 is 0.893 bits per heavy atom. The van der Waals surface area contributed by atoms with Crippen LogP contribution in [0.1, 0.15) is 53.9 Å². The highest BCUT2D eigenvalue weighted by atomic mass is 19.4. The fourth-order valence-electron chi connectivity index (χ4n) is 4.71. The molecule has 1 amide bonds. The van der Waals surface area contributed by atoms with E-state index in [0.29, 0.717) is 42.6 Å². The molecule has 7 heteroatoms.